The smallest absolute Gasteiger partial charge is 0.180 e. The lowest BCUT2D eigenvalue weighted by atomic mass is 9.86. The Balaban J connectivity index is 2.10. The second kappa shape index (κ2) is 4.67. The van der Waals surface area contributed by atoms with Gasteiger partial charge in [-0.1, -0.05) is 33.6 Å². The maximum atomic E-state index is 5.86. The molecule has 0 aliphatic heterocycles. The van der Waals surface area contributed by atoms with E-state index >= 15 is 0 Å². The molecule has 4 heteroatoms. The van der Waals surface area contributed by atoms with Gasteiger partial charge in [-0.3, -0.25) is 0 Å². The number of hydrogen-bond donors (Lipinski definition) is 1. The Kier molecular flexibility index (Phi) is 3.16. The number of anilines is 1. The van der Waals surface area contributed by atoms with Gasteiger partial charge in [0.1, 0.15) is 0 Å². The summed E-state index contributed by atoms with van der Waals surface area (Å²) in [7, 11) is 0. The van der Waals surface area contributed by atoms with Crippen LogP contribution in [0.25, 0.3) is 0 Å². The van der Waals surface area contributed by atoms with E-state index in [0.717, 1.165) is 6.42 Å². The summed E-state index contributed by atoms with van der Waals surface area (Å²) in [5.41, 5.74) is 9.75. The lowest BCUT2D eigenvalue weighted by Crippen LogP contribution is -2.09. The summed E-state index contributed by atoms with van der Waals surface area (Å²) in [5, 5.41) is 0.704. The van der Waals surface area contributed by atoms with Gasteiger partial charge in [-0.25, -0.2) is 4.98 Å². The summed E-state index contributed by atoms with van der Waals surface area (Å²) in [6, 6.07) is 6.56. The zero-order chi connectivity index (χ0) is 12.7. The summed E-state index contributed by atoms with van der Waals surface area (Å²) in [6.07, 6.45) is 3.46. The van der Waals surface area contributed by atoms with Crippen LogP contribution in [-0.4, -0.2) is 4.98 Å². The van der Waals surface area contributed by atoms with E-state index in [0.29, 0.717) is 11.0 Å². The number of aryl methyl sites for hydroxylation is 2. The Labute approximate surface area is 119 Å². The van der Waals surface area contributed by atoms with Crippen molar-refractivity contribution in [3.63, 3.8) is 0 Å². The van der Waals surface area contributed by atoms with Crippen LogP contribution >= 0.6 is 27.3 Å². The number of nitrogen functional groups attached to an aromatic ring is 1. The normalized spacial score (nSPS) is 18.7. The minimum absolute atomic E-state index is 0.456. The number of rotatable bonds is 1. The van der Waals surface area contributed by atoms with E-state index in [1.54, 1.807) is 11.3 Å². The van der Waals surface area contributed by atoms with Gasteiger partial charge in [0.25, 0.3) is 0 Å². The zero-order valence-corrected chi connectivity index (χ0v) is 12.6. The number of hydrogen-bond acceptors (Lipinski definition) is 3. The van der Waals surface area contributed by atoms with E-state index in [-0.39, 0.29) is 0 Å². The van der Waals surface area contributed by atoms with E-state index in [1.807, 2.05) is 0 Å². The quantitative estimate of drug-likeness (QED) is 0.851. The summed E-state index contributed by atoms with van der Waals surface area (Å²) in [5.74, 6) is 0.456. The topological polar surface area (TPSA) is 38.9 Å². The molecule has 2 aromatic rings. The Morgan fingerprint density at radius 3 is 3.11 bits per heavy atom. The highest BCUT2D eigenvalue weighted by molar-refractivity contribution is 9.10. The van der Waals surface area contributed by atoms with Crippen LogP contribution in [0.4, 0.5) is 5.13 Å². The fraction of sp³-hybridized carbons (Fsp3) is 0.357. The fourth-order valence-electron chi connectivity index (χ4n) is 2.67. The van der Waals surface area contributed by atoms with E-state index < -0.39 is 0 Å². The SMILES string of the molecule is Cc1ccc(Br)c(C2CCCc3nc(N)sc32)c1. The van der Waals surface area contributed by atoms with Crippen molar-refractivity contribution < 1.29 is 0 Å². The molecule has 94 valence electrons. The molecule has 1 atom stereocenters. The molecule has 1 aromatic carbocycles. The van der Waals surface area contributed by atoms with Crippen LogP contribution in [0, 0.1) is 6.92 Å². The maximum Gasteiger partial charge on any atom is 0.180 e. The van der Waals surface area contributed by atoms with Crippen LogP contribution in [0.15, 0.2) is 22.7 Å². The summed E-state index contributed by atoms with van der Waals surface area (Å²) in [6.45, 7) is 2.14. The molecule has 1 aromatic heterocycles. The van der Waals surface area contributed by atoms with Gasteiger partial charge in [-0.2, -0.15) is 0 Å². The third-order valence-electron chi connectivity index (χ3n) is 3.49. The lowest BCUT2D eigenvalue weighted by molar-refractivity contribution is 0.615. The van der Waals surface area contributed by atoms with Crippen LogP contribution in [-0.2, 0) is 6.42 Å². The molecule has 0 saturated heterocycles. The summed E-state index contributed by atoms with van der Waals surface area (Å²) >= 11 is 5.33. The van der Waals surface area contributed by atoms with Gasteiger partial charge >= 0.3 is 0 Å². The lowest BCUT2D eigenvalue weighted by Gasteiger charge is -2.23. The first-order chi connectivity index (χ1) is 8.65. The van der Waals surface area contributed by atoms with Crippen molar-refractivity contribution in [3.05, 3.63) is 44.4 Å². The summed E-state index contributed by atoms with van der Waals surface area (Å²) in [4.78, 5) is 5.83. The standard InChI is InChI=1S/C14H15BrN2S/c1-8-5-6-11(15)10(7-8)9-3-2-4-12-13(9)18-14(16)17-12/h5-7,9H,2-4H2,1H3,(H2,16,17). The third kappa shape index (κ3) is 2.08. The molecule has 2 N–H and O–H groups in total. The van der Waals surface area contributed by atoms with E-state index in [1.165, 1.54) is 39.0 Å². The average molecular weight is 323 g/mol. The van der Waals surface area contributed by atoms with Gasteiger partial charge in [0.2, 0.25) is 0 Å². The van der Waals surface area contributed by atoms with Crippen molar-refractivity contribution in [1.82, 2.24) is 4.98 Å². The highest BCUT2D eigenvalue weighted by atomic mass is 79.9. The molecule has 1 heterocycles. The van der Waals surface area contributed by atoms with Crippen LogP contribution in [0.1, 0.15) is 40.5 Å². The molecular formula is C14H15BrN2S. The first kappa shape index (κ1) is 12.2. The molecule has 0 amide bonds. The van der Waals surface area contributed by atoms with Crippen LogP contribution in [0.5, 0.6) is 0 Å². The number of fused-ring (bicyclic) bond motifs is 1. The van der Waals surface area contributed by atoms with Crippen molar-refractivity contribution in [1.29, 1.82) is 0 Å². The first-order valence-corrected chi connectivity index (χ1v) is 7.77. The zero-order valence-electron chi connectivity index (χ0n) is 10.2. The minimum Gasteiger partial charge on any atom is -0.375 e. The van der Waals surface area contributed by atoms with E-state index in [9.17, 15) is 0 Å². The minimum atomic E-state index is 0.456. The van der Waals surface area contributed by atoms with Gasteiger partial charge < -0.3 is 5.73 Å². The van der Waals surface area contributed by atoms with E-state index in [4.69, 9.17) is 5.73 Å². The molecular weight excluding hydrogens is 308 g/mol. The second-order valence-electron chi connectivity index (χ2n) is 4.83. The molecule has 0 saturated carbocycles. The van der Waals surface area contributed by atoms with Gasteiger partial charge in [0, 0.05) is 15.3 Å². The van der Waals surface area contributed by atoms with Crippen molar-refractivity contribution in [2.24, 2.45) is 0 Å². The number of benzene rings is 1. The molecule has 2 nitrogen and oxygen atoms in total. The van der Waals surface area contributed by atoms with Crippen molar-refractivity contribution in [2.45, 2.75) is 32.1 Å². The van der Waals surface area contributed by atoms with Gasteiger partial charge in [-0.05, 0) is 37.8 Å². The Bertz CT molecular complexity index is 591. The Morgan fingerprint density at radius 1 is 1.44 bits per heavy atom. The molecule has 1 aliphatic carbocycles. The van der Waals surface area contributed by atoms with Gasteiger partial charge in [0.15, 0.2) is 5.13 Å². The predicted molar refractivity (Wildman–Crippen MR) is 80.2 cm³/mol. The van der Waals surface area contributed by atoms with Crippen molar-refractivity contribution in [2.75, 3.05) is 5.73 Å². The molecule has 0 radical (unpaired) electrons. The van der Waals surface area contributed by atoms with Gasteiger partial charge in [0.05, 0.1) is 5.69 Å². The number of nitrogens with zero attached hydrogens (tertiary/aromatic N) is 1. The number of thiazole rings is 1. The third-order valence-corrected chi connectivity index (χ3v) is 5.26. The number of aromatic nitrogens is 1. The molecule has 1 aliphatic rings. The largest absolute Gasteiger partial charge is 0.375 e. The fourth-order valence-corrected chi connectivity index (χ4v) is 4.22. The van der Waals surface area contributed by atoms with E-state index in [2.05, 4.69) is 46.0 Å². The molecule has 0 fully saturated rings. The average Bonchev–Trinajstić information content (AvgIpc) is 2.72. The molecule has 0 bridgehead atoms. The molecule has 1 unspecified atom stereocenters. The molecule has 0 spiro atoms. The number of nitrogens with two attached hydrogens (primary N) is 1. The van der Waals surface area contributed by atoms with Crippen LogP contribution in [0.2, 0.25) is 0 Å². The first-order valence-electron chi connectivity index (χ1n) is 6.16. The van der Waals surface area contributed by atoms with Crippen LogP contribution in [0.3, 0.4) is 0 Å². The van der Waals surface area contributed by atoms with Crippen LogP contribution < -0.4 is 5.73 Å². The van der Waals surface area contributed by atoms with Crippen molar-refractivity contribution in [3.8, 4) is 0 Å². The highest BCUT2D eigenvalue weighted by Crippen LogP contribution is 2.43. The Hall–Kier alpha value is -0.870. The maximum absolute atomic E-state index is 5.86. The van der Waals surface area contributed by atoms with Crippen molar-refractivity contribution >= 4 is 32.4 Å². The molecule has 18 heavy (non-hydrogen) atoms. The monoisotopic (exact) mass is 322 g/mol. The highest BCUT2D eigenvalue weighted by Gasteiger charge is 2.26. The molecule has 3 rings (SSSR count). The second-order valence-corrected chi connectivity index (χ2v) is 6.75. The number of halogens is 1. The Morgan fingerprint density at radius 2 is 2.28 bits per heavy atom. The predicted octanol–water partition coefficient (Wildman–Crippen LogP) is 4.26. The van der Waals surface area contributed by atoms with Gasteiger partial charge in [-0.15, -0.1) is 11.3 Å². The summed E-state index contributed by atoms with van der Waals surface area (Å²) < 4.78 is 1.19.